The predicted molar refractivity (Wildman–Crippen MR) is 69.8 cm³/mol. The molecule has 2 aromatic rings. The first-order valence-corrected chi connectivity index (χ1v) is 6.45. The Hall–Kier alpha value is -1.66. The first-order chi connectivity index (χ1) is 9.31. The lowest BCUT2D eigenvalue weighted by atomic mass is 10.1. The van der Waals surface area contributed by atoms with E-state index in [4.69, 9.17) is 9.47 Å². The molecule has 3 rings (SSSR count). The molecule has 102 valence electrons. The molecule has 6 nitrogen and oxygen atoms in total. The summed E-state index contributed by atoms with van der Waals surface area (Å²) in [5, 5.41) is 0. The van der Waals surface area contributed by atoms with Crippen LogP contribution in [0.4, 0.5) is 0 Å². The SMILES string of the molecule is CO[C@@H]1CCOC[C@H]1n1ccnc1-c1nc[nH]c1C. The van der Waals surface area contributed by atoms with E-state index in [0.29, 0.717) is 6.61 Å². The third-order valence-corrected chi connectivity index (χ3v) is 3.63. The lowest BCUT2D eigenvalue weighted by Gasteiger charge is -2.32. The third-order valence-electron chi connectivity index (χ3n) is 3.63. The fraction of sp³-hybridized carbons (Fsp3) is 0.538. The van der Waals surface area contributed by atoms with Crippen LogP contribution in [0.25, 0.3) is 11.5 Å². The zero-order chi connectivity index (χ0) is 13.2. The molecular formula is C13H18N4O2. The number of methoxy groups -OCH3 is 1. The summed E-state index contributed by atoms with van der Waals surface area (Å²) in [6.45, 7) is 3.39. The Morgan fingerprint density at radius 1 is 1.47 bits per heavy atom. The van der Waals surface area contributed by atoms with E-state index < -0.39 is 0 Å². The average Bonchev–Trinajstić information content (AvgIpc) is 3.06. The van der Waals surface area contributed by atoms with Gasteiger partial charge in [-0.1, -0.05) is 0 Å². The van der Waals surface area contributed by atoms with E-state index >= 15 is 0 Å². The van der Waals surface area contributed by atoms with E-state index in [1.54, 1.807) is 19.6 Å². The standard InChI is InChI=1S/C13H18N4O2/c1-9-12(16-8-15-9)13-14-4-5-17(13)10-7-19-6-3-11(10)18-2/h4-5,8,10-11H,3,6-7H2,1-2H3,(H,15,16)/t10-,11-/m1/s1. The summed E-state index contributed by atoms with van der Waals surface area (Å²) >= 11 is 0. The Morgan fingerprint density at radius 2 is 2.37 bits per heavy atom. The van der Waals surface area contributed by atoms with Crippen molar-refractivity contribution >= 4 is 0 Å². The first kappa shape index (κ1) is 12.4. The molecule has 0 unspecified atom stereocenters. The Bertz CT molecular complexity index is 548. The van der Waals surface area contributed by atoms with Crippen LogP contribution < -0.4 is 0 Å². The molecule has 1 aliphatic rings. The highest BCUT2D eigenvalue weighted by atomic mass is 16.5. The van der Waals surface area contributed by atoms with Crippen molar-refractivity contribution in [2.75, 3.05) is 20.3 Å². The second-order valence-corrected chi connectivity index (χ2v) is 4.74. The fourth-order valence-corrected chi connectivity index (χ4v) is 2.59. The van der Waals surface area contributed by atoms with Crippen LogP contribution in [-0.4, -0.2) is 45.9 Å². The molecule has 0 aromatic carbocycles. The number of aromatic amines is 1. The van der Waals surface area contributed by atoms with Crippen LogP contribution >= 0.6 is 0 Å². The van der Waals surface area contributed by atoms with Crippen molar-refractivity contribution in [1.82, 2.24) is 19.5 Å². The van der Waals surface area contributed by atoms with Gasteiger partial charge in [-0.25, -0.2) is 9.97 Å². The molecule has 0 aliphatic carbocycles. The first-order valence-electron chi connectivity index (χ1n) is 6.45. The lowest BCUT2D eigenvalue weighted by Crippen LogP contribution is -2.35. The quantitative estimate of drug-likeness (QED) is 0.911. The highest BCUT2D eigenvalue weighted by Gasteiger charge is 2.29. The zero-order valence-electron chi connectivity index (χ0n) is 11.2. The van der Waals surface area contributed by atoms with Crippen LogP contribution in [0.3, 0.4) is 0 Å². The highest BCUT2D eigenvalue weighted by Crippen LogP contribution is 2.28. The molecule has 0 spiro atoms. The number of aromatic nitrogens is 4. The van der Waals surface area contributed by atoms with Gasteiger partial charge in [-0.05, 0) is 13.3 Å². The topological polar surface area (TPSA) is 65.0 Å². The Kier molecular flexibility index (Phi) is 3.35. The van der Waals surface area contributed by atoms with Crippen LogP contribution in [0.2, 0.25) is 0 Å². The van der Waals surface area contributed by atoms with Gasteiger partial charge in [0.05, 0.1) is 25.1 Å². The molecule has 1 fully saturated rings. The number of H-pyrrole nitrogens is 1. The van der Waals surface area contributed by atoms with Crippen molar-refractivity contribution in [2.45, 2.75) is 25.5 Å². The predicted octanol–water partition coefficient (Wildman–Crippen LogP) is 1.56. The summed E-state index contributed by atoms with van der Waals surface area (Å²) in [5.41, 5.74) is 1.89. The minimum Gasteiger partial charge on any atom is -0.379 e. The normalized spacial score (nSPS) is 23.7. The molecule has 0 amide bonds. The highest BCUT2D eigenvalue weighted by molar-refractivity contribution is 5.53. The number of ether oxygens (including phenoxy) is 2. The molecule has 1 saturated heterocycles. The van der Waals surface area contributed by atoms with E-state index in [9.17, 15) is 0 Å². The smallest absolute Gasteiger partial charge is 0.160 e. The molecule has 2 aromatic heterocycles. The number of nitrogens with one attached hydrogen (secondary N) is 1. The number of nitrogens with zero attached hydrogens (tertiary/aromatic N) is 3. The van der Waals surface area contributed by atoms with Crippen molar-refractivity contribution in [3.63, 3.8) is 0 Å². The van der Waals surface area contributed by atoms with Crippen LogP contribution in [0.1, 0.15) is 18.2 Å². The fourth-order valence-electron chi connectivity index (χ4n) is 2.59. The van der Waals surface area contributed by atoms with Gasteiger partial charge in [-0.15, -0.1) is 0 Å². The molecule has 0 radical (unpaired) electrons. The zero-order valence-corrected chi connectivity index (χ0v) is 11.2. The van der Waals surface area contributed by atoms with Crippen molar-refractivity contribution in [1.29, 1.82) is 0 Å². The van der Waals surface area contributed by atoms with Crippen LogP contribution in [0.5, 0.6) is 0 Å². The Labute approximate surface area is 111 Å². The largest absolute Gasteiger partial charge is 0.379 e. The molecule has 2 atom stereocenters. The molecule has 6 heteroatoms. The average molecular weight is 262 g/mol. The lowest BCUT2D eigenvalue weighted by molar-refractivity contribution is -0.0493. The van der Waals surface area contributed by atoms with Gasteiger partial charge in [0, 0.05) is 31.8 Å². The summed E-state index contributed by atoms with van der Waals surface area (Å²) in [7, 11) is 1.75. The maximum atomic E-state index is 5.58. The Balaban J connectivity index is 1.97. The molecule has 19 heavy (non-hydrogen) atoms. The molecule has 1 aliphatic heterocycles. The molecule has 3 heterocycles. The van der Waals surface area contributed by atoms with Gasteiger partial charge in [-0.2, -0.15) is 0 Å². The van der Waals surface area contributed by atoms with E-state index in [-0.39, 0.29) is 12.1 Å². The molecule has 0 bridgehead atoms. The minimum atomic E-state index is 0.146. The van der Waals surface area contributed by atoms with Gasteiger partial charge in [0.15, 0.2) is 5.82 Å². The summed E-state index contributed by atoms with van der Waals surface area (Å²) < 4.78 is 13.3. The van der Waals surface area contributed by atoms with Crippen molar-refractivity contribution in [3.05, 3.63) is 24.4 Å². The van der Waals surface area contributed by atoms with Crippen molar-refractivity contribution in [2.24, 2.45) is 0 Å². The summed E-state index contributed by atoms with van der Waals surface area (Å²) in [6.07, 6.45) is 6.51. The van der Waals surface area contributed by atoms with Gasteiger partial charge in [-0.3, -0.25) is 0 Å². The molecular weight excluding hydrogens is 244 g/mol. The number of hydrogen-bond donors (Lipinski definition) is 1. The van der Waals surface area contributed by atoms with Crippen LogP contribution in [0, 0.1) is 6.92 Å². The van der Waals surface area contributed by atoms with Crippen LogP contribution in [0.15, 0.2) is 18.7 Å². The Morgan fingerprint density at radius 3 is 3.11 bits per heavy atom. The minimum absolute atomic E-state index is 0.146. The van der Waals surface area contributed by atoms with Gasteiger partial charge >= 0.3 is 0 Å². The van der Waals surface area contributed by atoms with E-state index in [1.807, 2.05) is 13.1 Å². The van der Waals surface area contributed by atoms with E-state index in [2.05, 4.69) is 19.5 Å². The summed E-state index contributed by atoms with van der Waals surface area (Å²) in [5.74, 6) is 0.858. The number of rotatable bonds is 3. The van der Waals surface area contributed by atoms with Gasteiger partial charge in [0.25, 0.3) is 0 Å². The monoisotopic (exact) mass is 262 g/mol. The van der Waals surface area contributed by atoms with E-state index in [0.717, 1.165) is 30.2 Å². The number of aryl methyl sites for hydroxylation is 1. The number of hydrogen-bond acceptors (Lipinski definition) is 4. The molecule has 0 saturated carbocycles. The number of imidazole rings is 2. The third kappa shape index (κ3) is 2.17. The summed E-state index contributed by atoms with van der Waals surface area (Å²) in [6, 6.07) is 0.146. The van der Waals surface area contributed by atoms with Gasteiger partial charge in [0.1, 0.15) is 5.69 Å². The van der Waals surface area contributed by atoms with E-state index in [1.165, 1.54) is 0 Å². The van der Waals surface area contributed by atoms with Crippen LogP contribution in [-0.2, 0) is 9.47 Å². The molecule has 1 N–H and O–H groups in total. The second-order valence-electron chi connectivity index (χ2n) is 4.74. The van der Waals surface area contributed by atoms with Gasteiger partial charge in [0.2, 0.25) is 0 Å². The second kappa shape index (κ2) is 5.14. The summed E-state index contributed by atoms with van der Waals surface area (Å²) in [4.78, 5) is 11.9. The maximum absolute atomic E-state index is 5.58. The van der Waals surface area contributed by atoms with Crippen molar-refractivity contribution in [3.8, 4) is 11.5 Å². The van der Waals surface area contributed by atoms with Crippen molar-refractivity contribution < 1.29 is 9.47 Å². The van der Waals surface area contributed by atoms with Gasteiger partial charge < -0.3 is 19.0 Å². The maximum Gasteiger partial charge on any atom is 0.160 e.